The molecule has 1 atom stereocenters. The zero-order valence-electron chi connectivity index (χ0n) is 14.3. The van der Waals surface area contributed by atoms with E-state index in [1.54, 1.807) is 0 Å². The van der Waals surface area contributed by atoms with Gasteiger partial charge in [-0.1, -0.05) is 58.9 Å². The number of thioether (sulfide) groups is 1. The molecule has 0 fully saturated rings. The van der Waals surface area contributed by atoms with Crippen molar-refractivity contribution in [1.82, 2.24) is 10.2 Å². The molecular weight excluding hydrogens is 350 g/mol. The van der Waals surface area contributed by atoms with Gasteiger partial charge in [-0.15, -0.1) is 22.0 Å². The third-order valence-electron chi connectivity index (χ3n) is 3.66. The molecule has 0 saturated carbocycles. The fourth-order valence-electron chi connectivity index (χ4n) is 2.17. The van der Waals surface area contributed by atoms with E-state index in [2.05, 4.69) is 15.5 Å². The number of aryl methyl sites for hydroxylation is 2. The van der Waals surface area contributed by atoms with Crippen LogP contribution in [0.3, 0.4) is 0 Å². The fraction of sp³-hybridized carbons (Fsp3) is 0.211. The van der Waals surface area contributed by atoms with Crippen molar-refractivity contribution in [2.75, 3.05) is 5.32 Å². The lowest BCUT2D eigenvalue weighted by Crippen LogP contribution is -2.22. The molecule has 25 heavy (non-hydrogen) atoms. The van der Waals surface area contributed by atoms with E-state index in [-0.39, 0.29) is 11.2 Å². The molecule has 6 heteroatoms. The van der Waals surface area contributed by atoms with E-state index in [1.165, 1.54) is 34.2 Å². The zero-order valence-corrected chi connectivity index (χ0v) is 15.9. The highest BCUT2D eigenvalue weighted by molar-refractivity contribution is 8.00. The monoisotopic (exact) mass is 369 g/mol. The molecule has 3 aromatic rings. The Balaban J connectivity index is 1.62. The van der Waals surface area contributed by atoms with Gasteiger partial charge in [0.25, 0.3) is 0 Å². The number of rotatable bonds is 5. The molecule has 0 radical (unpaired) electrons. The summed E-state index contributed by atoms with van der Waals surface area (Å²) in [6.07, 6.45) is 0. The van der Waals surface area contributed by atoms with Crippen LogP contribution in [0.1, 0.15) is 18.1 Å². The molecule has 0 saturated heterocycles. The van der Waals surface area contributed by atoms with Gasteiger partial charge in [0.2, 0.25) is 11.0 Å². The molecule has 0 bridgehead atoms. The van der Waals surface area contributed by atoms with Gasteiger partial charge in [-0.05, 0) is 32.9 Å². The Hall–Kier alpha value is -2.18. The van der Waals surface area contributed by atoms with Crippen molar-refractivity contribution in [2.45, 2.75) is 30.9 Å². The van der Waals surface area contributed by atoms with E-state index >= 15 is 0 Å². The smallest absolute Gasteiger partial charge is 0.239 e. The van der Waals surface area contributed by atoms with Gasteiger partial charge in [-0.3, -0.25) is 10.1 Å². The summed E-state index contributed by atoms with van der Waals surface area (Å²) in [6, 6.07) is 16.3. The number of hydrogen-bond donors (Lipinski definition) is 1. The van der Waals surface area contributed by atoms with Crippen molar-refractivity contribution < 1.29 is 4.79 Å². The van der Waals surface area contributed by atoms with Gasteiger partial charge in [0.15, 0.2) is 0 Å². The molecule has 4 nitrogen and oxygen atoms in total. The molecule has 128 valence electrons. The fourth-order valence-corrected chi connectivity index (χ4v) is 3.79. The van der Waals surface area contributed by atoms with Crippen molar-refractivity contribution in [3.05, 3.63) is 59.7 Å². The molecule has 0 aliphatic carbocycles. The molecule has 1 amide bonds. The molecule has 3 rings (SSSR count). The summed E-state index contributed by atoms with van der Waals surface area (Å²) >= 11 is 2.91. The highest BCUT2D eigenvalue weighted by Gasteiger charge is 2.17. The second-order valence-electron chi connectivity index (χ2n) is 5.84. The molecule has 1 aromatic heterocycles. The summed E-state index contributed by atoms with van der Waals surface area (Å²) in [4.78, 5) is 13.5. The third kappa shape index (κ3) is 4.67. The maximum Gasteiger partial charge on any atom is 0.239 e. The lowest BCUT2D eigenvalue weighted by atomic mass is 10.2. The minimum absolute atomic E-state index is 0.0721. The van der Waals surface area contributed by atoms with Gasteiger partial charge in [-0.25, -0.2) is 0 Å². The molecule has 0 aliphatic heterocycles. The Labute approximate surface area is 155 Å². The predicted molar refractivity (Wildman–Crippen MR) is 105 cm³/mol. The highest BCUT2D eigenvalue weighted by Crippen LogP contribution is 2.28. The quantitative estimate of drug-likeness (QED) is 0.647. The minimum Gasteiger partial charge on any atom is -0.300 e. The maximum atomic E-state index is 12.4. The number of nitrogens with one attached hydrogen (secondary N) is 1. The molecular formula is C19H19N3OS2. The number of aromatic nitrogens is 2. The van der Waals surface area contributed by atoms with Crippen LogP contribution in [0.4, 0.5) is 5.13 Å². The standard InChI is InChI=1S/C19H19N3OS2/c1-12-4-8-15(9-5-12)18-21-22-19(25-18)20-17(23)14(3)24-16-10-6-13(2)7-11-16/h4-11,14H,1-3H3,(H,20,22,23)/t14-/m0/s1. The lowest BCUT2D eigenvalue weighted by molar-refractivity contribution is -0.115. The number of hydrogen-bond acceptors (Lipinski definition) is 5. The van der Waals surface area contributed by atoms with Gasteiger partial charge < -0.3 is 0 Å². The van der Waals surface area contributed by atoms with Crippen molar-refractivity contribution in [3.63, 3.8) is 0 Å². The van der Waals surface area contributed by atoms with E-state index in [1.807, 2.05) is 69.3 Å². The number of carbonyl (C=O) groups is 1. The van der Waals surface area contributed by atoms with E-state index in [9.17, 15) is 4.79 Å². The Morgan fingerprint density at radius 2 is 1.60 bits per heavy atom. The summed E-state index contributed by atoms with van der Waals surface area (Å²) in [6.45, 7) is 5.98. The van der Waals surface area contributed by atoms with Gasteiger partial charge in [0.1, 0.15) is 5.01 Å². The highest BCUT2D eigenvalue weighted by atomic mass is 32.2. The molecule has 0 spiro atoms. The van der Waals surface area contributed by atoms with E-state index < -0.39 is 0 Å². The first-order valence-corrected chi connectivity index (χ1v) is 9.65. The minimum atomic E-state index is -0.213. The summed E-state index contributed by atoms with van der Waals surface area (Å²) in [5.41, 5.74) is 3.41. The van der Waals surface area contributed by atoms with Gasteiger partial charge >= 0.3 is 0 Å². The van der Waals surface area contributed by atoms with E-state index in [0.717, 1.165) is 15.5 Å². The molecule has 0 unspecified atom stereocenters. The SMILES string of the molecule is Cc1ccc(S[C@@H](C)C(=O)Nc2nnc(-c3ccc(C)cc3)s2)cc1. The molecule has 1 N–H and O–H groups in total. The Kier molecular flexibility index (Phi) is 5.50. The van der Waals surface area contributed by atoms with Crippen LogP contribution in [0.5, 0.6) is 0 Å². The van der Waals surface area contributed by atoms with E-state index in [4.69, 9.17) is 0 Å². The van der Waals surface area contributed by atoms with Gasteiger partial charge in [0, 0.05) is 10.5 Å². The summed E-state index contributed by atoms with van der Waals surface area (Å²) in [5.74, 6) is -0.0721. The first-order chi connectivity index (χ1) is 12.0. The number of amides is 1. The van der Waals surface area contributed by atoms with Crippen LogP contribution in [0.25, 0.3) is 10.6 Å². The summed E-state index contributed by atoms with van der Waals surface area (Å²) in [7, 11) is 0. The van der Waals surface area contributed by atoms with Crippen LogP contribution in [0.15, 0.2) is 53.4 Å². The lowest BCUT2D eigenvalue weighted by Gasteiger charge is -2.10. The third-order valence-corrected chi connectivity index (χ3v) is 5.66. The number of carbonyl (C=O) groups excluding carboxylic acids is 1. The van der Waals surface area contributed by atoms with E-state index in [0.29, 0.717) is 5.13 Å². The number of nitrogens with zero attached hydrogens (tertiary/aromatic N) is 2. The van der Waals surface area contributed by atoms with Crippen molar-refractivity contribution >= 4 is 34.1 Å². The van der Waals surface area contributed by atoms with Crippen LogP contribution >= 0.6 is 23.1 Å². The topological polar surface area (TPSA) is 54.9 Å². The summed E-state index contributed by atoms with van der Waals surface area (Å²) < 4.78 is 0. The van der Waals surface area contributed by atoms with Crippen molar-refractivity contribution in [3.8, 4) is 10.6 Å². The van der Waals surface area contributed by atoms with Crippen LogP contribution in [0, 0.1) is 13.8 Å². The normalized spacial score (nSPS) is 12.0. The Bertz CT molecular complexity index is 857. The molecule has 0 aliphatic rings. The Morgan fingerprint density at radius 1 is 1.00 bits per heavy atom. The maximum absolute atomic E-state index is 12.4. The van der Waals surface area contributed by atoms with Crippen LogP contribution in [-0.4, -0.2) is 21.4 Å². The second kappa shape index (κ2) is 7.80. The average Bonchev–Trinajstić information content (AvgIpc) is 3.06. The zero-order chi connectivity index (χ0) is 17.8. The van der Waals surface area contributed by atoms with Crippen molar-refractivity contribution in [2.24, 2.45) is 0 Å². The van der Waals surface area contributed by atoms with Crippen molar-refractivity contribution in [1.29, 1.82) is 0 Å². The number of anilines is 1. The van der Waals surface area contributed by atoms with Crippen LogP contribution < -0.4 is 5.32 Å². The largest absolute Gasteiger partial charge is 0.300 e. The first-order valence-electron chi connectivity index (χ1n) is 7.96. The van der Waals surface area contributed by atoms with Crippen LogP contribution in [-0.2, 0) is 4.79 Å². The summed E-state index contributed by atoms with van der Waals surface area (Å²) in [5, 5.41) is 12.2. The predicted octanol–water partition coefficient (Wildman–Crippen LogP) is 4.94. The molecule has 1 heterocycles. The number of benzene rings is 2. The van der Waals surface area contributed by atoms with Gasteiger partial charge in [-0.2, -0.15) is 0 Å². The van der Waals surface area contributed by atoms with Gasteiger partial charge in [0.05, 0.1) is 5.25 Å². The van der Waals surface area contributed by atoms with Crippen LogP contribution in [0.2, 0.25) is 0 Å². The first kappa shape index (κ1) is 17.6. The molecule has 2 aromatic carbocycles. The second-order valence-corrected chi connectivity index (χ2v) is 8.23. The average molecular weight is 370 g/mol. The Morgan fingerprint density at radius 3 is 2.24 bits per heavy atom.